The number of hydrogen-bond donors (Lipinski definition) is 1. The summed E-state index contributed by atoms with van der Waals surface area (Å²) in [7, 11) is 1.34. The molecule has 14 heavy (non-hydrogen) atoms. The molecule has 1 aliphatic carbocycles. The van der Waals surface area contributed by atoms with Crippen molar-refractivity contribution in [3.05, 3.63) is 12.2 Å². The summed E-state index contributed by atoms with van der Waals surface area (Å²) in [6.45, 7) is 0. The molecular formula is C9H12NO3S-. The molecule has 0 aliphatic heterocycles. The maximum absolute atomic E-state index is 11.3. The third-order valence-electron chi connectivity index (χ3n) is 2.21. The van der Waals surface area contributed by atoms with Gasteiger partial charge in [-0.25, -0.2) is 0 Å². The fourth-order valence-corrected chi connectivity index (χ4v) is 1.67. The van der Waals surface area contributed by atoms with Crippen molar-refractivity contribution >= 4 is 23.8 Å². The second-order valence-corrected chi connectivity index (χ2v) is 3.46. The van der Waals surface area contributed by atoms with Gasteiger partial charge >= 0.3 is 5.97 Å². The summed E-state index contributed by atoms with van der Waals surface area (Å²) in [5, 5.41) is 1.99. The van der Waals surface area contributed by atoms with Gasteiger partial charge in [0, 0.05) is 0 Å². The first-order valence-electron chi connectivity index (χ1n) is 4.37. The number of esters is 1. The van der Waals surface area contributed by atoms with Crippen LogP contribution < -0.4 is 5.32 Å². The Morgan fingerprint density at radius 1 is 1.57 bits per heavy atom. The van der Waals surface area contributed by atoms with Crippen LogP contribution in [0.1, 0.15) is 12.8 Å². The average Bonchev–Trinajstić information content (AvgIpc) is 2.16. The van der Waals surface area contributed by atoms with Gasteiger partial charge < -0.3 is 27.5 Å². The van der Waals surface area contributed by atoms with Gasteiger partial charge in [0.05, 0.1) is 24.3 Å². The number of carbonyl (C=O) groups excluding carboxylic acids is 2. The fourth-order valence-electron chi connectivity index (χ4n) is 1.53. The highest BCUT2D eigenvalue weighted by Gasteiger charge is 2.28. The number of methoxy groups -OCH3 is 1. The van der Waals surface area contributed by atoms with Crippen LogP contribution in [0.2, 0.25) is 0 Å². The zero-order chi connectivity index (χ0) is 10.6. The van der Waals surface area contributed by atoms with Crippen LogP contribution in [0.25, 0.3) is 0 Å². The van der Waals surface area contributed by atoms with E-state index in [0.717, 1.165) is 6.42 Å². The van der Waals surface area contributed by atoms with Crippen LogP contribution in [0.15, 0.2) is 12.2 Å². The lowest BCUT2D eigenvalue weighted by Crippen LogP contribution is -2.42. The monoisotopic (exact) mass is 214 g/mol. The molecule has 1 rings (SSSR count). The van der Waals surface area contributed by atoms with Gasteiger partial charge in [-0.2, -0.15) is 0 Å². The number of ether oxygens (including phenoxy) is 1. The lowest BCUT2D eigenvalue weighted by molar-refractivity contribution is -0.146. The minimum Gasteiger partial charge on any atom is -0.719 e. The van der Waals surface area contributed by atoms with Gasteiger partial charge in [0.15, 0.2) is 0 Å². The van der Waals surface area contributed by atoms with Crippen molar-refractivity contribution in [2.45, 2.75) is 18.9 Å². The zero-order valence-electron chi connectivity index (χ0n) is 7.86. The minimum atomic E-state index is -0.546. The zero-order valence-corrected chi connectivity index (χ0v) is 8.67. The van der Waals surface area contributed by atoms with Crippen molar-refractivity contribution in [1.82, 2.24) is 5.32 Å². The molecule has 1 amide bonds. The summed E-state index contributed by atoms with van der Waals surface area (Å²) in [4.78, 5) is 22.0. The molecule has 0 saturated heterocycles. The van der Waals surface area contributed by atoms with E-state index in [1.165, 1.54) is 7.11 Å². The number of hydrogen-bond acceptors (Lipinski definition) is 4. The van der Waals surface area contributed by atoms with Crippen molar-refractivity contribution in [3.63, 3.8) is 0 Å². The fraction of sp³-hybridized carbons (Fsp3) is 0.556. The van der Waals surface area contributed by atoms with Gasteiger partial charge in [-0.3, -0.25) is 4.79 Å². The summed E-state index contributed by atoms with van der Waals surface area (Å²) < 4.78 is 4.64. The molecule has 0 aromatic carbocycles. The molecule has 0 spiro atoms. The van der Waals surface area contributed by atoms with Gasteiger partial charge in [0.2, 0.25) is 0 Å². The first-order chi connectivity index (χ1) is 6.65. The van der Waals surface area contributed by atoms with E-state index in [2.05, 4.69) is 22.7 Å². The Morgan fingerprint density at radius 3 is 2.86 bits per heavy atom. The molecule has 1 aliphatic rings. The quantitative estimate of drug-likeness (QED) is 0.418. The predicted octanol–water partition coefficient (Wildman–Crippen LogP) is 0.751. The van der Waals surface area contributed by atoms with Crippen molar-refractivity contribution in [2.75, 3.05) is 7.11 Å². The highest BCUT2D eigenvalue weighted by Crippen LogP contribution is 2.20. The molecule has 0 heterocycles. The van der Waals surface area contributed by atoms with Crippen LogP contribution in [-0.2, 0) is 22.2 Å². The molecule has 2 unspecified atom stereocenters. The lowest BCUT2D eigenvalue weighted by Gasteiger charge is -2.27. The smallest absolute Gasteiger partial charge is 0.311 e. The second-order valence-electron chi connectivity index (χ2n) is 3.09. The van der Waals surface area contributed by atoms with E-state index in [1.54, 1.807) is 6.08 Å². The highest BCUT2D eigenvalue weighted by atomic mass is 32.1. The normalized spacial score (nSPS) is 25.5. The Hall–Kier alpha value is -1.10. The number of allylic oxidation sites excluding steroid dienone is 1. The summed E-state index contributed by atoms with van der Waals surface area (Å²) in [6.07, 6.45) is 5.22. The molecule has 0 aromatic rings. The predicted molar refractivity (Wildman–Crippen MR) is 53.6 cm³/mol. The standard InChI is InChI=1S/C9H13NO3S/c1-13-8(11)6-4-2-3-5-7(6)10-9(12)14/h3,5-7H,2,4H2,1H3,(H2,10,12,14)/p-1. The Morgan fingerprint density at radius 2 is 2.29 bits per heavy atom. The van der Waals surface area contributed by atoms with E-state index < -0.39 is 5.24 Å². The van der Waals surface area contributed by atoms with Crippen LogP contribution in [0.5, 0.6) is 0 Å². The molecule has 0 bridgehead atoms. The molecule has 0 fully saturated rings. The third kappa shape index (κ3) is 2.70. The van der Waals surface area contributed by atoms with E-state index in [1.807, 2.05) is 6.08 Å². The van der Waals surface area contributed by atoms with Gasteiger partial charge in [0.25, 0.3) is 0 Å². The molecule has 2 atom stereocenters. The topological polar surface area (TPSA) is 55.4 Å². The van der Waals surface area contributed by atoms with Gasteiger partial charge in [-0.1, -0.05) is 12.2 Å². The molecule has 0 saturated carbocycles. The Labute approximate surface area is 88.1 Å². The number of nitrogens with one attached hydrogen (secondary N) is 1. The summed E-state index contributed by atoms with van der Waals surface area (Å²) >= 11 is 4.40. The first-order valence-corrected chi connectivity index (χ1v) is 4.78. The minimum absolute atomic E-state index is 0.303. The van der Waals surface area contributed by atoms with Crippen molar-refractivity contribution in [1.29, 1.82) is 0 Å². The van der Waals surface area contributed by atoms with Gasteiger partial charge in [0.1, 0.15) is 0 Å². The molecule has 0 aromatic heterocycles. The maximum atomic E-state index is 11.3. The summed E-state index contributed by atoms with van der Waals surface area (Å²) in [5.41, 5.74) is 0. The lowest BCUT2D eigenvalue weighted by atomic mass is 9.90. The van der Waals surface area contributed by atoms with Crippen LogP contribution >= 0.6 is 0 Å². The largest absolute Gasteiger partial charge is 0.719 e. The van der Waals surface area contributed by atoms with E-state index in [9.17, 15) is 9.59 Å². The first kappa shape index (κ1) is 11.0. The number of rotatable bonds is 2. The Kier molecular flexibility index (Phi) is 3.88. The van der Waals surface area contributed by atoms with Gasteiger partial charge in [-0.15, -0.1) is 0 Å². The van der Waals surface area contributed by atoms with Crippen LogP contribution in [0, 0.1) is 5.92 Å². The van der Waals surface area contributed by atoms with E-state index in [-0.39, 0.29) is 17.9 Å². The van der Waals surface area contributed by atoms with Crippen LogP contribution in [-0.4, -0.2) is 24.4 Å². The van der Waals surface area contributed by atoms with Crippen molar-refractivity contribution in [2.24, 2.45) is 5.92 Å². The summed E-state index contributed by atoms with van der Waals surface area (Å²) in [6, 6.07) is -0.318. The SMILES string of the molecule is COC(=O)C1CCC=CC1NC(=O)[S-]. The van der Waals surface area contributed by atoms with E-state index >= 15 is 0 Å². The van der Waals surface area contributed by atoms with Crippen molar-refractivity contribution in [3.8, 4) is 0 Å². The Bertz CT molecular complexity index is 265. The van der Waals surface area contributed by atoms with Crippen LogP contribution in [0.4, 0.5) is 4.79 Å². The third-order valence-corrected chi connectivity index (χ3v) is 2.33. The summed E-state index contributed by atoms with van der Waals surface area (Å²) in [5.74, 6) is -0.611. The Balaban J connectivity index is 2.67. The van der Waals surface area contributed by atoms with Crippen LogP contribution in [0.3, 0.4) is 0 Å². The maximum Gasteiger partial charge on any atom is 0.311 e. The molecule has 5 heteroatoms. The average molecular weight is 214 g/mol. The number of carbonyl (C=O) groups is 2. The molecule has 0 radical (unpaired) electrons. The van der Waals surface area contributed by atoms with Gasteiger partial charge in [-0.05, 0) is 12.8 Å². The highest BCUT2D eigenvalue weighted by molar-refractivity contribution is 7.76. The molecular weight excluding hydrogens is 202 g/mol. The van der Waals surface area contributed by atoms with E-state index in [4.69, 9.17) is 0 Å². The molecule has 4 nitrogen and oxygen atoms in total. The number of amides is 1. The van der Waals surface area contributed by atoms with E-state index in [0.29, 0.717) is 6.42 Å². The molecule has 1 N–H and O–H groups in total. The second kappa shape index (κ2) is 4.95. The van der Waals surface area contributed by atoms with Crippen molar-refractivity contribution < 1.29 is 14.3 Å². The molecule has 78 valence electrons.